The Labute approximate surface area is 118 Å². The predicted octanol–water partition coefficient (Wildman–Crippen LogP) is 4.19. The molecule has 0 bridgehead atoms. The lowest BCUT2D eigenvalue weighted by atomic mass is 10.2. The Morgan fingerprint density at radius 1 is 1.39 bits per heavy atom. The zero-order valence-electron chi connectivity index (χ0n) is 9.57. The van der Waals surface area contributed by atoms with E-state index in [0.717, 1.165) is 0 Å². The molecule has 2 rings (SSSR count). The normalized spacial score (nSPS) is 10.4. The smallest absolute Gasteiger partial charge is 0.224 e. The van der Waals surface area contributed by atoms with Crippen LogP contribution in [0.25, 0.3) is 0 Å². The molecule has 1 aromatic heterocycles. The second kappa shape index (κ2) is 5.63. The van der Waals surface area contributed by atoms with Crippen LogP contribution in [-0.4, -0.2) is 16.5 Å². The molecule has 0 spiro atoms. The van der Waals surface area contributed by atoms with Crippen LogP contribution in [0.4, 0.5) is 15.9 Å². The number of aromatic nitrogens is 2. The van der Waals surface area contributed by atoms with E-state index in [1.54, 1.807) is 29.3 Å². The van der Waals surface area contributed by atoms with E-state index in [0.29, 0.717) is 22.5 Å². The lowest BCUT2D eigenvalue weighted by molar-refractivity contribution is 0.625. The summed E-state index contributed by atoms with van der Waals surface area (Å²) in [7, 11) is 0. The average molecular weight is 331 g/mol. The van der Waals surface area contributed by atoms with Gasteiger partial charge in [0, 0.05) is 12.7 Å². The summed E-state index contributed by atoms with van der Waals surface area (Å²) in [6.45, 7) is 2.47. The van der Waals surface area contributed by atoms with Crippen LogP contribution in [-0.2, 0) is 0 Å². The Morgan fingerprint density at radius 3 is 2.78 bits per heavy atom. The van der Waals surface area contributed by atoms with Crippen LogP contribution in [0.15, 0.2) is 34.9 Å². The molecule has 0 saturated carbocycles. The van der Waals surface area contributed by atoms with Crippen molar-refractivity contribution >= 4 is 39.0 Å². The maximum Gasteiger partial charge on any atom is 0.224 e. The summed E-state index contributed by atoms with van der Waals surface area (Å²) in [5.74, 6) is 0.239. The van der Waals surface area contributed by atoms with Gasteiger partial charge in [0.25, 0.3) is 0 Å². The standard InChI is InChI=1S/C12H10BrClFN3/c1-2-18(10-6-4-3-5-9(10)15)11-8(13)7-16-12(14)17-11/h3-7H,2H2,1H3. The maximum atomic E-state index is 13.8. The number of benzene rings is 1. The highest BCUT2D eigenvalue weighted by Crippen LogP contribution is 2.31. The minimum absolute atomic E-state index is 0.128. The fraction of sp³-hybridized carbons (Fsp3) is 0.167. The number of nitrogens with zero attached hydrogens (tertiary/aromatic N) is 3. The molecule has 94 valence electrons. The van der Waals surface area contributed by atoms with Crippen LogP contribution in [0.5, 0.6) is 0 Å². The molecule has 0 amide bonds. The molecule has 3 nitrogen and oxygen atoms in total. The lowest BCUT2D eigenvalue weighted by Gasteiger charge is -2.23. The van der Waals surface area contributed by atoms with E-state index in [4.69, 9.17) is 11.6 Å². The molecular weight excluding hydrogens is 321 g/mol. The number of hydrogen-bond donors (Lipinski definition) is 0. The second-order valence-electron chi connectivity index (χ2n) is 3.51. The SMILES string of the molecule is CCN(c1ccccc1F)c1nc(Cl)ncc1Br. The highest BCUT2D eigenvalue weighted by Gasteiger charge is 2.16. The highest BCUT2D eigenvalue weighted by molar-refractivity contribution is 9.10. The van der Waals surface area contributed by atoms with E-state index >= 15 is 0 Å². The molecule has 2 aromatic rings. The third-order valence-corrected chi connectivity index (χ3v) is 3.15. The van der Waals surface area contributed by atoms with Gasteiger partial charge in [-0.15, -0.1) is 0 Å². The monoisotopic (exact) mass is 329 g/mol. The molecule has 0 N–H and O–H groups in total. The Kier molecular flexibility index (Phi) is 4.14. The fourth-order valence-electron chi connectivity index (χ4n) is 1.63. The van der Waals surface area contributed by atoms with E-state index in [1.165, 1.54) is 6.07 Å². The fourth-order valence-corrected chi connectivity index (χ4v) is 2.17. The second-order valence-corrected chi connectivity index (χ2v) is 4.70. The summed E-state index contributed by atoms with van der Waals surface area (Å²) >= 11 is 9.13. The zero-order chi connectivity index (χ0) is 13.1. The Balaban J connectivity index is 2.52. The van der Waals surface area contributed by atoms with Crippen LogP contribution in [0, 0.1) is 5.82 Å². The molecule has 1 heterocycles. The van der Waals surface area contributed by atoms with E-state index in [-0.39, 0.29) is 11.1 Å². The van der Waals surface area contributed by atoms with Crippen molar-refractivity contribution in [3.05, 3.63) is 46.0 Å². The molecule has 0 saturated heterocycles. The Bertz CT molecular complexity index is 565. The van der Waals surface area contributed by atoms with Crippen molar-refractivity contribution < 1.29 is 4.39 Å². The van der Waals surface area contributed by atoms with Gasteiger partial charge in [-0.3, -0.25) is 0 Å². The number of rotatable bonds is 3. The van der Waals surface area contributed by atoms with Crippen LogP contribution < -0.4 is 4.90 Å². The van der Waals surface area contributed by atoms with Crippen molar-refractivity contribution in [1.29, 1.82) is 0 Å². The first-order valence-electron chi connectivity index (χ1n) is 5.33. The third kappa shape index (κ3) is 2.62. The van der Waals surface area contributed by atoms with Crippen LogP contribution in [0.1, 0.15) is 6.92 Å². The highest BCUT2D eigenvalue weighted by atomic mass is 79.9. The quantitative estimate of drug-likeness (QED) is 0.790. The molecule has 0 fully saturated rings. The van der Waals surface area contributed by atoms with Crippen molar-refractivity contribution in [3.63, 3.8) is 0 Å². The number of hydrogen-bond acceptors (Lipinski definition) is 3. The van der Waals surface area contributed by atoms with Gasteiger partial charge in [0.05, 0.1) is 10.2 Å². The molecule has 18 heavy (non-hydrogen) atoms. The molecule has 0 aliphatic rings. The molecular formula is C12H10BrClFN3. The number of para-hydroxylation sites is 1. The van der Waals surface area contributed by atoms with Gasteiger partial charge in [-0.25, -0.2) is 9.37 Å². The van der Waals surface area contributed by atoms with Crippen molar-refractivity contribution in [2.75, 3.05) is 11.4 Å². The van der Waals surface area contributed by atoms with Crippen LogP contribution in [0.2, 0.25) is 5.28 Å². The topological polar surface area (TPSA) is 29.0 Å². The van der Waals surface area contributed by atoms with Gasteiger partial charge in [-0.05, 0) is 46.6 Å². The van der Waals surface area contributed by atoms with Crippen molar-refractivity contribution in [2.45, 2.75) is 6.92 Å². The summed E-state index contributed by atoms with van der Waals surface area (Å²) in [5, 5.41) is 0.128. The first-order chi connectivity index (χ1) is 8.63. The average Bonchev–Trinajstić information content (AvgIpc) is 2.36. The first-order valence-corrected chi connectivity index (χ1v) is 6.50. The van der Waals surface area contributed by atoms with Crippen LogP contribution >= 0.6 is 27.5 Å². The maximum absolute atomic E-state index is 13.8. The van der Waals surface area contributed by atoms with E-state index in [2.05, 4.69) is 25.9 Å². The van der Waals surface area contributed by atoms with E-state index < -0.39 is 0 Å². The largest absolute Gasteiger partial charge is 0.323 e. The van der Waals surface area contributed by atoms with Gasteiger partial charge >= 0.3 is 0 Å². The molecule has 0 aliphatic carbocycles. The molecule has 1 aromatic carbocycles. The lowest BCUT2D eigenvalue weighted by Crippen LogP contribution is -2.19. The van der Waals surface area contributed by atoms with Crippen molar-refractivity contribution in [1.82, 2.24) is 9.97 Å². The molecule has 0 radical (unpaired) electrons. The molecule has 0 unspecified atom stereocenters. The minimum Gasteiger partial charge on any atom is -0.323 e. The van der Waals surface area contributed by atoms with E-state index in [1.807, 2.05) is 6.92 Å². The summed E-state index contributed by atoms with van der Waals surface area (Å²) in [6, 6.07) is 6.53. The van der Waals surface area contributed by atoms with Gasteiger partial charge in [-0.1, -0.05) is 12.1 Å². The predicted molar refractivity (Wildman–Crippen MR) is 73.8 cm³/mol. The van der Waals surface area contributed by atoms with Crippen LogP contribution in [0.3, 0.4) is 0 Å². The van der Waals surface area contributed by atoms with E-state index in [9.17, 15) is 4.39 Å². The molecule has 0 atom stereocenters. The van der Waals surface area contributed by atoms with Gasteiger partial charge in [0.1, 0.15) is 5.82 Å². The van der Waals surface area contributed by atoms with Crippen molar-refractivity contribution in [2.24, 2.45) is 0 Å². The van der Waals surface area contributed by atoms with Gasteiger partial charge in [-0.2, -0.15) is 4.98 Å². The Hall–Kier alpha value is -1.20. The Morgan fingerprint density at radius 2 is 2.11 bits per heavy atom. The zero-order valence-corrected chi connectivity index (χ0v) is 11.9. The molecule has 6 heteroatoms. The summed E-state index contributed by atoms with van der Waals surface area (Å²) < 4.78 is 14.5. The minimum atomic E-state index is -0.305. The van der Waals surface area contributed by atoms with Gasteiger partial charge in [0.15, 0.2) is 5.82 Å². The van der Waals surface area contributed by atoms with Gasteiger partial charge < -0.3 is 4.90 Å². The summed E-state index contributed by atoms with van der Waals surface area (Å²) in [4.78, 5) is 9.72. The molecule has 0 aliphatic heterocycles. The number of halogens is 3. The summed E-state index contributed by atoms with van der Waals surface area (Å²) in [5.41, 5.74) is 0.454. The van der Waals surface area contributed by atoms with Crippen molar-refractivity contribution in [3.8, 4) is 0 Å². The number of anilines is 2. The van der Waals surface area contributed by atoms with Gasteiger partial charge in [0.2, 0.25) is 5.28 Å². The third-order valence-electron chi connectivity index (χ3n) is 2.41. The first kappa shape index (κ1) is 13.2. The summed E-state index contributed by atoms with van der Waals surface area (Å²) in [6.07, 6.45) is 1.55.